The predicted molar refractivity (Wildman–Crippen MR) is 85.8 cm³/mol. The van der Waals surface area contributed by atoms with E-state index in [1.807, 2.05) is 24.3 Å². The predicted octanol–water partition coefficient (Wildman–Crippen LogP) is 3.65. The smallest absolute Gasteiger partial charge is 0.255 e. The van der Waals surface area contributed by atoms with Crippen molar-refractivity contribution >= 4 is 33.4 Å². The Morgan fingerprint density at radius 1 is 1.29 bits per heavy atom. The first-order valence-electron chi connectivity index (χ1n) is 6.31. The lowest BCUT2D eigenvalue weighted by Gasteiger charge is -2.17. The maximum atomic E-state index is 12.1. The minimum atomic E-state index is -0.112. The number of hydrogen-bond acceptors (Lipinski definition) is 3. The molecule has 0 aliphatic heterocycles. The third kappa shape index (κ3) is 4.72. The summed E-state index contributed by atoms with van der Waals surface area (Å²) in [7, 11) is 1.72. The lowest BCUT2D eigenvalue weighted by molar-refractivity contribution is 0.0773. The van der Waals surface area contributed by atoms with Crippen LogP contribution in [0.25, 0.3) is 0 Å². The second kappa shape index (κ2) is 7.43. The molecule has 0 spiro atoms. The van der Waals surface area contributed by atoms with Crippen molar-refractivity contribution in [2.45, 2.75) is 0 Å². The highest BCUT2D eigenvalue weighted by Crippen LogP contribution is 2.16. The van der Waals surface area contributed by atoms with Gasteiger partial charge in [0.1, 0.15) is 17.5 Å². The molecule has 0 aliphatic carbocycles. The number of pyridine rings is 1. The van der Waals surface area contributed by atoms with E-state index >= 15 is 0 Å². The van der Waals surface area contributed by atoms with Crippen molar-refractivity contribution in [2.24, 2.45) is 0 Å². The van der Waals surface area contributed by atoms with E-state index in [-0.39, 0.29) is 5.91 Å². The standard InChI is InChI=1S/C15H14BrClN2O2/c1-19(15(20)11-2-7-14(17)18-10-11)8-9-21-13-5-3-12(16)4-6-13/h2-7,10H,8-9H2,1H3. The van der Waals surface area contributed by atoms with Gasteiger partial charge < -0.3 is 9.64 Å². The Kier molecular flexibility index (Phi) is 5.59. The molecule has 0 radical (unpaired) electrons. The molecule has 0 saturated carbocycles. The fraction of sp³-hybridized carbons (Fsp3) is 0.200. The number of aromatic nitrogens is 1. The summed E-state index contributed by atoms with van der Waals surface area (Å²) in [6.07, 6.45) is 1.47. The first kappa shape index (κ1) is 15.8. The van der Waals surface area contributed by atoms with Crippen LogP contribution in [0.5, 0.6) is 5.75 Å². The summed E-state index contributed by atoms with van der Waals surface area (Å²) in [4.78, 5) is 17.6. The molecular weight excluding hydrogens is 356 g/mol. The Hall–Kier alpha value is -1.59. The third-order valence-electron chi connectivity index (χ3n) is 2.83. The average molecular weight is 370 g/mol. The van der Waals surface area contributed by atoms with E-state index in [0.29, 0.717) is 23.9 Å². The molecule has 0 bridgehead atoms. The molecular formula is C15H14BrClN2O2. The maximum Gasteiger partial charge on any atom is 0.255 e. The number of hydrogen-bond donors (Lipinski definition) is 0. The highest BCUT2D eigenvalue weighted by Gasteiger charge is 2.11. The van der Waals surface area contributed by atoms with E-state index in [0.717, 1.165) is 10.2 Å². The monoisotopic (exact) mass is 368 g/mol. The van der Waals surface area contributed by atoms with Gasteiger partial charge in [-0.05, 0) is 36.4 Å². The zero-order valence-electron chi connectivity index (χ0n) is 11.4. The number of halogens is 2. The molecule has 6 heteroatoms. The van der Waals surface area contributed by atoms with Gasteiger partial charge >= 0.3 is 0 Å². The number of benzene rings is 1. The number of rotatable bonds is 5. The van der Waals surface area contributed by atoms with E-state index in [1.165, 1.54) is 6.20 Å². The molecule has 2 aromatic rings. The Morgan fingerprint density at radius 2 is 2.00 bits per heavy atom. The summed E-state index contributed by atoms with van der Waals surface area (Å²) in [6.45, 7) is 0.905. The minimum absolute atomic E-state index is 0.112. The van der Waals surface area contributed by atoms with E-state index in [1.54, 1.807) is 24.1 Å². The van der Waals surface area contributed by atoms with Gasteiger partial charge in [-0.1, -0.05) is 27.5 Å². The van der Waals surface area contributed by atoms with Crippen molar-refractivity contribution in [2.75, 3.05) is 20.2 Å². The van der Waals surface area contributed by atoms with Gasteiger partial charge in [-0.3, -0.25) is 4.79 Å². The van der Waals surface area contributed by atoms with Crippen molar-refractivity contribution in [3.8, 4) is 5.75 Å². The summed E-state index contributed by atoms with van der Waals surface area (Å²) >= 11 is 9.06. The van der Waals surface area contributed by atoms with Crippen LogP contribution in [0.3, 0.4) is 0 Å². The van der Waals surface area contributed by atoms with Crippen LogP contribution in [0.4, 0.5) is 0 Å². The van der Waals surface area contributed by atoms with Gasteiger partial charge in [0.2, 0.25) is 0 Å². The van der Waals surface area contributed by atoms with Crippen molar-refractivity contribution in [1.29, 1.82) is 0 Å². The molecule has 0 atom stereocenters. The van der Waals surface area contributed by atoms with Crippen molar-refractivity contribution < 1.29 is 9.53 Å². The molecule has 21 heavy (non-hydrogen) atoms. The molecule has 0 N–H and O–H groups in total. The number of nitrogens with zero attached hydrogens (tertiary/aromatic N) is 2. The Balaban J connectivity index is 1.83. The van der Waals surface area contributed by atoms with Crippen LogP contribution >= 0.6 is 27.5 Å². The summed E-state index contributed by atoms with van der Waals surface area (Å²) in [5.74, 6) is 0.658. The van der Waals surface area contributed by atoms with E-state index < -0.39 is 0 Å². The van der Waals surface area contributed by atoms with E-state index in [9.17, 15) is 4.79 Å². The number of amides is 1. The van der Waals surface area contributed by atoms with Gasteiger partial charge in [0.15, 0.2) is 0 Å². The number of likely N-dealkylation sites (N-methyl/N-ethyl adjacent to an activating group) is 1. The van der Waals surface area contributed by atoms with E-state index in [2.05, 4.69) is 20.9 Å². The van der Waals surface area contributed by atoms with Gasteiger partial charge in [0.05, 0.1) is 12.1 Å². The first-order chi connectivity index (χ1) is 10.1. The van der Waals surface area contributed by atoms with Crippen LogP contribution in [0.2, 0.25) is 5.15 Å². The Labute approximate surface area is 136 Å². The minimum Gasteiger partial charge on any atom is -0.492 e. The van der Waals surface area contributed by atoms with Crippen molar-refractivity contribution in [1.82, 2.24) is 9.88 Å². The van der Waals surface area contributed by atoms with Crippen LogP contribution in [0.1, 0.15) is 10.4 Å². The quantitative estimate of drug-likeness (QED) is 0.756. The molecule has 1 aromatic heterocycles. The van der Waals surface area contributed by atoms with Crippen molar-refractivity contribution in [3.63, 3.8) is 0 Å². The van der Waals surface area contributed by atoms with Crippen LogP contribution in [-0.2, 0) is 0 Å². The van der Waals surface area contributed by atoms with Crippen LogP contribution < -0.4 is 4.74 Å². The van der Waals surface area contributed by atoms with Crippen LogP contribution in [0, 0.1) is 0 Å². The van der Waals surface area contributed by atoms with Gasteiger partial charge in [-0.2, -0.15) is 0 Å². The Morgan fingerprint density at radius 3 is 2.62 bits per heavy atom. The zero-order chi connectivity index (χ0) is 15.2. The van der Waals surface area contributed by atoms with Crippen LogP contribution in [0.15, 0.2) is 47.1 Å². The lowest BCUT2D eigenvalue weighted by atomic mass is 10.2. The Bertz CT molecular complexity index is 602. The molecule has 4 nitrogen and oxygen atoms in total. The number of carbonyl (C=O) groups excluding carboxylic acids is 1. The second-order valence-corrected chi connectivity index (χ2v) is 5.70. The average Bonchev–Trinajstić information content (AvgIpc) is 2.49. The van der Waals surface area contributed by atoms with Crippen molar-refractivity contribution in [3.05, 3.63) is 57.8 Å². The summed E-state index contributed by atoms with van der Waals surface area (Å²) in [5, 5.41) is 0.368. The fourth-order valence-corrected chi connectivity index (χ4v) is 2.03. The largest absolute Gasteiger partial charge is 0.492 e. The lowest BCUT2D eigenvalue weighted by Crippen LogP contribution is -2.30. The summed E-state index contributed by atoms with van der Waals surface area (Å²) in [5.41, 5.74) is 0.505. The normalized spacial score (nSPS) is 10.2. The second-order valence-electron chi connectivity index (χ2n) is 4.40. The maximum absolute atomic E-state index is 12.1. The zero-order valence-corrected chi connectivity index (χ0v) is 13.8. The highest BCUT2D eigenvalue weighted by molar-refractivity contribution is 9.10. The summed E-state index contributed by atoms with van der Waals surface area (Å²) in [6, 6.07) is 10.8. The van der Waals surface area contributed by atoms with Gasteiger partial charge in [0, 0.05) is 17.7 Å². The molecule has 0 unspecified atom stereocenters. The molecule has 2 rings (SSSR count). The number of ether oxygens (including phenoxy) is 1. The highest BCUT2D eigenvalue weighted by atomic mass is 79.9. The molecule has 0 saturated heterocycles. The topological polar surface area (TPSA) is 42.4 Å². The fourth-order valence-electron chi connectivity index (χ4n) is 1.66. The molecule has 1 aromatic carbocycles. The molecule has 0 aliphatic rings. The SMILES string of the molecule is CN(CCOc1ccc(Br)cc1)C(=O)c1ccc(Cl)nc1. The molecule has 1 amide bonds. The first-order valence-corrected chi connectivity index (χ1v) is 7.49. The molecule has 1 heterocycles. The van der Waals surface area contributed by atoms with Crippen LogP contribution in [-0.4, -0.2) is 36.0 Å². The molecule has 110 valence electrons. The van der Waals surface area contributed by atoms with Gasteiger partial charge in [-0.25, -0.2) is 4.98 Å². The van der Waals surface area contributed by atoms with Gasteiger partial charge in [-0.15, -0.1) is 0 Å². The summed E-state index contributed by atoms with van der Waals surface area (Å²) < 4.78 is 6.58. The number of carbonyl (C=O) groups is 1. The van der Waals surface area contributed by atoms with E-state index in [4.69, 9.17) is 16.3 Å². The molecule has 0 fully saturated rings. The van der Waals surface area contributed by atoms with Gasteiger partial charge in [0.25, 0.3) is 5.91 Å². The third-order valence-corrected chi connectivity index (χ3v) is 3.58.